The number of benzene rings is 4. The van der Waals surface area contributed by atoms with Crippen molar-refractivity contribution in [3.05, 3.63) is 108 Å². The van der Waals surface area contributed by atoms with Crippen LogP contribution in [0.4, 0.5) is 0 Å². The highest BCUT2D eigenvalue weighted by Gasteiger charge is 2.08. The van der Waals surface area contributed by atoms with Crippen molar-refractivity contribution in [2.24, 2.45) is 0 Å². The molecule has 1 heterocycles. The van der Waals surface area contributed by atoms with Crippen LogP contribution in [0.3, 0.4) is 0 Å². The van der Waals surface area contributed by atoms with E-state index < -0.39 is 0 Å². The van der Waals surface area contributed by atoms with Crippen molar-refractivity contribution in [2.75, 3.05) is 0 Å². The Labute approximate surface area is 184 Å². The highest BCUT2D eigenvalue weighted by molar-refractivity contribution is 7.98. The molecule has 0 amide bonds. The van der Waals surface area contributed by atoms with Gasteiger partial charge in [-0.15, -0.1) is 34.9 Å². The van der Waals surface area contributed by atoms with Gasteiger partial charge in [0, 0.05) is 41.5 Å². The molecule has 0 nitrogen and oxygen atoms in total. The van der Waals surface area contributed by atoms with Crippen LogP contribution in [0.1, 0.15) is 11.1 Å². The normalized spacial score (nSPS) is 11.3. The van der Waals surface area contributed by atoms with Crippen LogP contribution < -0.4 is 0 Å². The van der Waals surface area contributed by atoms with E-state index >= 15 is 0 Å². The summed E-state index contributed by atoms with van der Waals surface area (Å²) in [5, 5.41) is 2.76. The number of fused-ring (bicyclic) bond motifs is 3. The van der Waals surface area contributed by atoms with Crippen LogP contribution >= 0.6 is 34.9 Å². The topological polar surface area (TPSA) is 0 Å². The summed E-state index contributed by atoms with van der Waals surface area (Å²) in [6.45, 7) is 0. The highest BCUT2D eigenvalue weighted by atomic mass is 32.2. The lowest BCUT2D eigenvalue weighted by Gasteiger charge is -2.04. The Morgan fingerprint density at radius 2 is 0.966 bits per heavy atom. The van der Waals surface area contributed by atoms with Crippen LogP contribution in [0, 0.1) is 0 Å². The number of thiophene rings is 1. The minimum atomic E-state index is 1.01. The number of thioether (sulfide) groups is 2. The number of hydrogen-bond donors (Lipinski definition) is 0. The lowest BCUT2D eigenvalue weighted by molar-refractivity contribution is 1.39. The fourth-order valence-corrected chi connectivity index (χ4v) is 6.25. The largest absolute Gasteiger partial charge is 0.135 e. The van der Waals surface area contributed by atoms with Gasteiger partial charge in [0.2, 0.25) is 0 Å². The van der Waals surface area contributed by atoms with Crippen LogP contribution in [-0.2, 0) is 11.5 Å². The summed E-state index contributed by atoms with van der Waals surface area (Å²) in [7, 11) is 0. The predicted molar refractivity (Wildman–Crippen MR) is 131 cm³/mol. The molecule has 0 saturated carbocycles. The lowest BCUT2D eigenvalue weighted by Crippen LogP contribution is -1.80. The molecule has 0 bridgehead atoms. The molecule has 5 aromatic rings. The second-order valence-corrected chi connectivity index (χ2v) is 10.1. The van der Waals surface area contributed by atoms with Crippen LogP contribution in [0.15, 0.2) is 107 Å². The molecule has 0 unspecified atom stereocenters. The molecule has 3 heteroatoms. The van der Waals surface area contributed by atoms with E-state index in [-0.39, 0.29) is 0 Å². The molecule has 0 aliphatic carbocycles. The van der Waals surface area contributed by atoms with Gasteiger partial charge in [-0.1, -0.05) is 60.7 Å². The smallest absolute Gasteiger partial charge is 0.0356 e. The van der Waals surface area contributed by atoms with Gasteiger partial charge in [0.05, 0.1) is 0 Å². The minimum absolute atomic E-state index is 1.01. The standard InChI is InChI=1S/C26H20S3/c1-3-7-19(8-4-1)17-27-21-11-13-25-23(15-21)24-16-22(12-14-26(24)29-25)28-18-20-9-5-2-6-10-20/h1-16H,17-18H2. The molecule has 0 radical (unpaired) electrons. The van der Waals surface area contributed by atoms with Gasteiger partial charge in [0.15, 0.2) is 0 Å². The predicted octanol–water partition coefficient (Wildman–Crippen LogP) is 8.64. The molecule has 1 aromatic heterocycles. The Bertz CT molecular complexity index is 1140. The summed E-state index contributed by atoms with van der Waals surface area (Å²) in [4.78, 5) is 2.67. The molecule has 5 rings (SSSR count). The van der Waals surface area contributed by atoms with Gasteiger partial charge in [-0.05, 0) is 47.5 Å². The van der Waals surface area contributed by atoms with Crippen LogP contribution in [0.25, 0.3) is 20.2 Å². The fraction of sp³-hybridized carbons (Fsp3) is 0.0769. The number of hydrogen-bond acceptors (Lipinski definition) is 3. The third kappa shape index (κ3) is 4.37. The lowest BCUT2D eigenvalue weighted by atomic mass is 10.1. The maximum absolute atomic E-state index is 2.37. The summed E-state index contributed by atoms with van der Waals surface area (Å²) in [5.41, 5.74) is 2.74. The van der Waals surface area contributed by atoms with Gasteiger partial charge in [0.25, 0.3) is 0 Å². The quantitative estimate of drug-likeness (QED) is 0.248. The average Bonchev–Trinajstić information content (AvgIpc) is 3.15. The van der Waals surface area contributed by atoms with Crippen molar-refractivity contribution in [2.45, 2.75) is 21.3 Å². The molecule has 0 spiro atoms. The van der Waals surface area contributed by atoms with Crippen molar-refractivity contribution in [1.82, 2.24) is 0 Å². The Morgan fingerprint density at radius 1 is 0.517 bits per heavy atom. The first-order valence-corrected chi connectivity index (χ1v) is 12.4. The Balaban J connectivity index is 1.40. The van der Waals surface area contributed by atoms with Gasteiger partial charge in [-0.3, -0.25) is 0 Å². The molecule has 0 fully saturated rings. The van der Waals surface area contributed by atoms with Gasteiger partial charge in [0.1, 0.15) is 0 Å². The highest BCUT2D eigenvalue weighted by Crippen LogP contribution is 2.38. The van der Waals surface area contributed by atoms with Gasteiger partial charge in [-0.2, -0.15) is 0 Å². The summed E-state index contributed by atoms with van der Waals surface area (Å²) < 4.78 is 2.74. The van der Waals surface area contributed by atoms with Crippen LogP contribution in [0.2, 0.25) is 0 Å². The summed E-state index contributed by atoms with van der Waals surface area (Å²) in [6, 6.07) is 35.2. The zero-order valence-corrected chi connectivity index (χ0v) is 18.3. The van der Waals surface area contributed by atoms with Crippen molar-refractivity contribution in [3.8, 4) is 0 Å². The maximum Gasteiger partial charge on any atom is 0.0356 e. The summed E-state index contributed by atoms with van der Waals surface area (Å²) in [6.07, 6.45) is 0. The molecule has 142 valence electrons. The monoisotopic (exact) mass is 428 g/mol. The molecule has 29 heavy (non-hydrogen) atoms. The van der Waals surface area contributed by atoms with Crippen LogP contribution in [0.5, 0.6) is 0 Å². The maximum atomic E-state index is 2.37. The zero-order chi connectivity index (χ0) is 19.5. The van der Waals surface area contributed by atoms with E-state index in [1.807, 2.05) is 34.9 Å². The minimum Gasteiger partial charge on any atom is -0.135 e. The SMILES string of the molecule is c1ccc(CSc2ccc3sc4ccc(SCc5ccccc5)cc4c3c2)cc1. The molecule has 0 aliphatic rings. The molecule has 4 aromatic carbocycles. The Hall–Kier alpha value is -2.20. The van der Waals surface area contributed by atoms with E-state index in [9.17, 15) is 0 Å². The van der Waals surface area contributed by atoms with E-state index in [1.54, 1.807) is 0 Å². The van der Waals surface area contributed by atoms with E-state index in [1.165, 1.54) is 41.1 Å². The molecule has 0 saturated heterocycles. The third-order valence-electron chi connectivity index (χ3n) is 4.91. The van der Waals surface area contributed by atoms with E-state index in [4.69, 9.17) is 0 Å². The van der Waals surface area contributed by atoms with E-state index in [0.29, 0.717) is 0 Å². The third-order valence-corrected chi connectivity index (χ3v) is 8.19. The fourth-order valence-electron chi connectivity index (χ4n) is 3.40. The Kier molecular flexibility index (Phi) is 5.62. The van der Waals surface area contributed by atoms with Crippen molar-refractivity contribution in [1.29, 1.82) is 0 Å². The van der Waals surface area contributed by atoms with Gasteiger partial charge in [-0.25, -0.2) is 0 Å². The first-order valence-electron chi connectivity index (χ1n) is 9.65. The average molecular weight is 429 g/mol. The molecular weight excluding hydrogens is 408 g/mol. The summed E-state index contributed by atoms with van der Waals surface area (Å²) in [5.74, 6) is 2.01. The Morgan fingerprint density at radius 3 is 1.41 bits per heavy atom. The molecule has 0 atom stereocenters. The second kappa shape index (κ2) is 8.66. The van der Waals surface area contributed by atoms with E-state index in [0.717, 1.165) is 11.5 Å². The molecule has 0 N–H and O–H groups in total. The first kappa shape index (κ1) is 18.8. The molecule has 0 aliphatic heterocycles. The van der Waals surface area contributed by atoms with Gasteiger partial charge >= 0.3 is 0 Å². The second-order valence-electron chi connectivity index (χ2n) is 6.97. The number of rotatable bonds is 6. The van der Waals surface area contributed by atoms with Crippen molar-refractivity contribution in [3.63, 3.8) is 0 Å². The molecular formula is C26H20S3. The van der Waals surface area contributed by atoms with Crippen molar-refractivity contribution < 1.29 is 0 Å². The first-order chi connectivity index (χ1) is 14.3. The van der Waals surface area contributed by atoms with E-state index in [2.05, 4.69) is 97.1 Å². The van der Waals surface area contributed by atoms with Crippen molar-refractivity contribution >= 4 is 55.0 Å². The van der Waals surface area contributed by atoms with Gasteiger partial charge < -0.3 is 0 Å². The summed E-state index contributed by atoms with van der Waals surface area (Å²) >= 11 is 5.71. The van der Waals surface area contributed by atoms with Crippen LogP contribution in [-0.4, -0.2) is 0 Å². The zero-order valence-electron chi connectivity index (χ0n) is 15.9.